The number of oxazole rings is 1. The van der Waals surface area contributed by atoms with Gasteiger partial charge in [-0.05, 0) is 38.0 Å². The molecule has 1 aromatic carbocycles. The number of nitrogens with one attached hydrogen (secondary N) is 1. The summed E-state index contributed by atoms with van der Waals surface area (Å²) in [7, 11) is -3.66. The van der Waals surface area contributed by atoms with E-state index in [0.717, 1.165) is 37.2 Å². The van der Waals surface area contributed by atoms with E-state index in [1.807, 2.05) is 6.92 Å². The van der Waals surface area contributed by atoms with Crippen LogP contribution >= 0.6 is 0 Å². The summed E-state index contributed by atoms with van der Waals surface area (Å²) in [6, 6.07) is 8.35. The van der Waals surface area contributed by atoms with Gasteiger partial charge in [0, 0.05) is 31.3 Å². The predicted octanol–water partition coefficient (Wildman–Crippen LogP) is 2.83. The van der Waals surface area contributed by atoms with Gasteiger partial charge in [-0.2, -0.15) is 0 Å². The second kappa shape index (κ2) is 7.92. The van der Waals surface area contributed by atoms with Crippen molar-refractivity contribution >= 4 is 16.0 Å². The maximum atomic E-state index is 12.7. The Morgan fingerprint density at radius 3 is 2.45 bits per heavy atom. The lowest BCUT2D eigenvalue weighted by Crippen LogP contribution is -2.25. The molecule has 1 saturated heterocycles. The van der Waals surface area contributed by atoms with Gasteiger partial charge >= 0.3 is 0 Å². The van der Waals surface area contributed by atoms with Crippen molar-refractivity contribution in [2.75, 3.05) is 18.0 Å². The minimum atomic E-state index is -3.66. The Bertz CT molecular complexity index is 1100. The van der Waals surface area contributed by atoms with Crippen molar-refractivity contribution in [3.8, 4) is 11.3 Å². The van der Waals surface area contributed by atoms with Crippen LogP contribution < -0.4 is 9.62 Å². The van der Waals surface area contributed by atoms with E-state index in [-0.39, 0.29) is 11.4 Å². The second-order valence-corrected chi connectivity index (χ2v) is 8.86. The summed E-state index contributed by atoms with van der Waals surface area (Å²) in [6.45, 7) is 5.63. The Kier molecular flexibility index (Phi) is 5.33. The maximum absolute atomic E-state index is 12.7. The van der Waals surface area contributed by atoms with E-state index in [1.54, 1.807) is 43.5 Å². The number of hydrogen-bond acceptors (Lipinski definition) is 7. The van der Waals surface area contributed by atoms with E-state index in [0.29, 0.717) is 23.2 Å². The van der Waals surface area contributed by atoms with Gasteiger partial charge in [-0.3, -0.25) is 0 Å². The molecule has 1 fully saturated rings. The normalized spacial score (nSPS) is 14.5. The van der Waals surface area contributed by atoms with Crippen molar-refractivity contribution in [1.29, 1.82) is 0 Å². The van der Waals surface area contributed by atoms with E-state index < -0.39 is 10.0 Å². The first kappa shape index (κ1) is 19.5. The molecule has 1 aliphatic heterocycles. The van der Waals surface area contributed by atoms with Gasteiger partial charge in [0.1, 0.15) is 12.0 Å². The number of rotatable bonds is 6. The summed E-state index contributed by atoms with van der Waals surface area (Å²) in [6.07, 6.45) is 3.80. The molecule has 0 spiro atoms. The van der Waals surface area contributed by atoms with Crippen LogP contribution in [0.15, 0.2) is 45.9 Å². The predicted molar refractivity (Wildman–Crippen MR) is 109 cm³/mol. The van der Waals surface area contributed by atoms with Crippen LogP contribution in [0.25, 0.3) is 11.3 Å². The van der Waals surface area contributed by atoms with Crippen LogP contribution in [0.4, 0.5) is 5.95 Å². The molecule has 2 aromatic heterocycles. The van der Waals surface area contributed by atoms with Crippen molar-refractivity contribution in [2.45, 2.75) is 38.1 Å². The number of sulfonamides is 1. The first-order valence-electron chi connectivity index (χ1n) is 9.52. The Morgan fingerprint density at radius 2 is 1.79 bits per heavy atom. The number of aryl methyl sites for hydroxylation is 2. The lowest BCUT2D eigenvalue weighted by atomic mass is 10.2. The van der Waals surface area contributed by atoms with Crippen molar-refractivity contribution in [3.05, 3.63) is 53.9 Å². The van der Waals surface area contributed by atoms with Gasteiger partial charge in [-0.25, -0.2) is 28.1 Å². The van der Waals surface area contributed by atoms with Gasteiger partial charge in [0.15, 0.2) is 5.89 Å². The Hall–Kier alpha value is -2.78. The molecule has 29 heavy (non-hydrogen) atoms. The van der Waals surface area contributed by atoms with Crippen molar-refractivity contribution in [1.82, 2.24) is 19.7 Å². The van der Waals surface area contributed by atoms with Crippen molar-refractivity contribution in [3.63, 3.8) is 0 Å². The second-order valence-electron chi connectivity index (χ2n) is 7.10. The van der Waals surface area contributed by atoms with Crippen LogP contribution in [0.5, 0.6) is 0 Å². The standard InChI is InChI=1S/C20H23N5O3S/c1-14-11-17(24-20(22-14)25-9-3-4-10-25)12-21-29(26,27)18-7-5-16(6-8-18)19-13-28-15(2)23-19/h5-8,11,13,21H,3-4,9-10,12H2,1-2H3. The van der Waals surface area contributed by atoms with E-state index in [1.165, 1.54) is 0 Å². The van der Waals surface area contributed by atoms with Crippen LogP contribution in [-0.4, -0.2) is 36.5 Å². The van der Waals surface area contributed by atoms with Crippen LogP contribution in [0.2, 0.25) is 0 Å². The summed E-state index contributed by atoms with van der Waals surface area (Å²) in [5.41, 5.74) is 2.94. The quantitative estimate of drug-likeness (QED) is 0.663. The highest BCUT2D eigenvalue weighted by atomic mass is 32.2. The number of aromatic nitrogens is 3. The monoisotopic (exact) mass is 413 g/mol. The van der Waals surface area contributed by atoms with Gasteiger partial charge in [-0.1, -0.05) is 12.1 Å². The van der Waals surface area contributed by atoms with Crippen molar-refractivity contribution in [2.24, 2.45) is 0 Å². The van der Waals surface area contributed by atoms with Crippen LogP contribution in [0, 0.1) is 13.8 Å². The Morgan fingerprint density at radius 1 is 1.07 bits per heavy atom. The minimum absolute atomic E-state index is 0.108. The third kappa shape index (κ3) is 4.46. The molecule has 0 bridgehead atoms. The largest absolute Gasteiger partial charge is 0.449 e. The zero-order valence-electron chi connectivity index (χ0n) is 16.4. The van der Waals surface area contributed by atoms with E-state index in [4.69, 9.17) is 4.42 Å². The van der Waals surface area contributed by atoms with Crippen molar-refractivity contribution < 1.29 is 12.8 Å². The number of hydrogen-bond donors (Lipinski definition) is 1. The molecule has 0 unspecified atom stereocenters. The van der Waals surface area contributed by atoms with E-state index in [2.05, 4.69) is 24.6 Å². The lowest BCUT2D eigenvalue weighted by Gasteiger charge is -2.16. The zero-order valence-corrected chi connectivity index (χ0v) is 17.2. The summed E-state index contributed by atoms with van der Waals surface area (Å²) in [5, 5.41) is 0. The maximum Gasteiger partial charge on any atom is 0.240 e. The van der Waals surface area contributed by atoms with Crippen LogP contribution in [0.1, 0.15) is 30.1 Å². The molecule has 1 aliphatic rings. The molecule has 152 valence electrons. The lowest BCUT2D eigenvalue weighted by molar-refractivity contribution is 0.521. The molecule has 0 aliphatic carbocycles. The SMILES string of the molecule is Cc1cc(CNS(=O)(=O)c2ccc(-c3coc(C)n3)cc2)nc(N2CCCC2)n1. The molecule has 1 N–H and O–H groups in total. The fourth-order valence-corrected chi connectivity index (χ4v) is 4.32. The summed E-state index contributed by atoms with van der Waals surface area (Å²) in [5.74, 6) is 1.23. The summed E-state index contributed by atoms with van der Waals surface area (Å²) in [4.78, 5) is 15.6. The zero-order chi connectivity index (χ0) is 20.4. The van der Waals surface area contributed by atoms with Gasteiger partial charge in [0.2, 0.25) is 16.0 Å². The highest BCUT2D eigenvalue weighted by molar-refractivity contribution is 7.89. The molecule has 0 radical (unpaired) electrons. The topological polar surface area (TPSA) is 101 Å². The molecule has 0 atom stereocenters. The summed E-state index contributed by atoms with van der Waals surface area (Å²) >= 11 is 0. The fraction of sp³-hybridized carbons (Fsp3) is 0.350. The smallest absolute Gasteiger partial charge is 0.240 e. The summed E-state index contributed by atoms with van der Waals surface area (Å²) < 4.78 is 33.2. The number of benzene rings is 1. The first-order valence-corrected chi connectivity index (χ1v) is 11.0. The number of nitrogens with zero attached hydrogens (tertiary/aromatic N) is 4. The fourth-order valence-electron chi connectivity index (χ4n) is 3.32. The van der Waals surface area contributed by atoms with Gasteiger partial charge in [-0.15, -0.1) is 0 Å². The Labute approximate surface area is 170 Å². The molecule has 4 rings (SSSR count). The molecule has 3 heterocycles. The van der Waals surface area contributed by atoms with Crippen LogP contribution in [-0.2, 0) is 16.6 Å². The molecule has 3 aromatic rings. The van der Waals surface area contributed by atoms with E-state index in [9.17, 15) is 8.42 Å². The van der Waals surface area contributed by atoms with Crippen LogP contribution in [0.3, 0.4) is 0 Å². The molecule has 0 amide bonds. The average molecular weight is 414 g/mol. The molecular weight excluding hydrogens is 390 g/mol. The Balaban J connectivity index is 1.47. The van der Waals surface area contributed by atoms with E-state index >= 15 is 0 Å². The highest BCUT2D eigenvalue weighted by Crippen LogP contribution is 2.21. The first-order chi connectivity index (χ1) is 13.9. The highest BCUT2D eigenvalue weighted by Gasteiger charge is 2.18. The van der Waals surface area contributed by atoms with Gasteiger partial charge in [0.05, 0.1) is 17.1 Å². The average Bonchev–Trinajstić information content (AvgIpc) is 3.38. The minimum Gasteiger partial charge on any atom is -0.449 e. The van der Waals surface area contributed by atoms with Gasteiger partial charge in [0.25, 0.3) is 0 Å². The number of anilines is 1. The third-order valence-electron chi connectivity index (χ3n) is 4.81. The molecule has 8 nitrogen and oxygen atoms in total. The van der Waals surface area contributed by atoms with Gasteiger partial charge < -0.3 is 9.32 Å². The molecule has 9 heteroatoms. The third-order valence-corrected chi connectivity index (χ3v) is 6.22. The molecule has 0 saturated carbocycles. The molecular formula is C20H23N5O3S.